The molecule has 1 heterocycles. The number of aliphatic carboxylic acids is 1. The van der Waals surface area contributed by atoms with Crippen molar-refractivity contribution in [1.82, 2.24) is 10.2 Å². The zero-order valence-corrected chi connectivity index (χ0v) is 12.6. The van der Waals surface area contributed by atoms with Crippen LogP contribution < -0.4 is 5.32 Å². The monoisotopic (exact) mass is 306 g/mol. The van der Waals surface area contributed by atoms with E-state index in [1.807, 2.05) is 6.92 Å². The van der Waals surface area contributed by atoms with Gasteiger partial charge in [0.25, 0.3) is 0 Å². The van der Waals surface area contributed by atoms with Crippen LogP contribution in [-0.2, 0) is 19.4 Å². The van der Waals surface area contributed by atoms with Gasteiger partial charge in [0.1, 0.15) is 6.54 Å². The summed E-state index contributed by atoms with van der Waals surface area (Å²) in [6.45, 7) is 3.64. The first-order valence-corrected chi connectivity index (χ1v) is 8.52. The summed E-state index contributed by atoms with van der Waals surface area (Å²) in [6.07, 6.45) is 0.659. The highest BCUT2D eigenvalue weighted by atomic mass is 32.2. The highest BCUT2D eigenvalue weighted by Crippen LogP contribution is 2.11. The Morgan fingerprint density at radius 2 is 2.10 bits per heavy atom. The lowest BCUT2D eigenvalue weighted by molar-refractivity contribution is -0.146. The molecule has 0 aliphatic carbocycles. The summed E-state index contributed by atoms with van der Waals surface area (Å²) in [5.41, 5.74) is 0. The van der Waals surface area contributed by atoms with Crippen molar-refractivity contribution in [3.63, 3.8) is 0 Å². The fraction of sp³-hybridized carbons (Fsp3) is 0.833. The number of carboxylic acids is 1. The minimum absolute atomic E-state index is 0.0108. The first-order chi connectivity index (χ1) is 9.25. The Labute approximate surface area is 119 Å². The number of carboxylic acid groups (broad SMARTS) is 1. The summed E-state index contributed by atoms with van der Waals surface area (Å²) < 4.78 is 23.0. The summed E-state index contributed by atoms with van der Waals surface area (Å²) in [6, 6.07) is -0.611. The Balaban J connectivity index is 2.68. The van der Waals surface area contributed by atoms with Crippen LogP contribution in [0.2, 0.25) is 0 Å². The Bertz CT molecular complexity index is 462. The minimum atomic E-state index is -3.10. The van der Waals surface area contributed by atoms with Gasteiger partial charge in [-0.25, -0.2) is 8.42 Å². The Morgan fingerprint density at radius 3 is 2.60 bits per heavy atom. The molecule has 1 saturated heterocycles. The second kappa shape index (κ2) is 7.03. The molecule has 8 heteroatoms. The van der Waals surface area contributed by atoms with Gasteiger partial charge in [0.05, 0.1) is 11.5 Å². The second-order valence-electron chi connectivity index (χ2n) is 5.14. The predicted molar refractivity (Wildman–Crippen MR) is 74.2 cm³/mol. The van der Waals surface area contributed by atoms with Crippen LogP contribution in [0.25, 0.3) is 0 Å². The Hall–Kier alpha value is -1.15. The molecule has 0 bridgehead atoms. The Morgan fingerprint density at radius 1 is 1.45 bits per heavy atom. The molecule has 1 aliphatic heterocycles. The van der Waals surface area contributed by atoms with Crippen molar-refractivity contribution in [2.45, 2.75) is 38.8 Å². The smallest absolute Gasteiger partial charge is 0.323 e. The standard InChI is InChI=1S/C12H22N2O5S/c1-3-9(2)14(7-12(16)17)11(15)6-10-8-20(18,19)5-4-13-10/h9-10,13H,3-8H2,1-2H3,(H,16,17). The lowest BCUT2D eigenvalue weighted by atomic mass is 10.1. The molecule has 2 atom stereocenters. The van der Waals surface area contributed by atoms with Crippen molar-refractivity contribution in [3.05, 3.63) is 0 Å². The maximum Gasteiger partial charge on any atom is 0.323 e. The van der Waals surface area contributed by atoms with E-state index in [1.165, 1.54) is 4.90 Å². The summed E-state index contributed by atoms with van der Waals surface area (Å²) in [7, 11) is -3.10. The number of carbonyl (C=O) groups excluding carboxylic acids is 1. The summed E-state index contributed by atoms with van der Waals surface area (Å²) in [5.74, 6) is -1.37. The van der Waals surface area contributed by atoms with Gasteiger partial charge < -0.3 is 15.3 Å². The van der Waals surface area contributed by atoms with Crippen LogP contribution in [0.3, 0.4) is 0 Å². The molecule has 0 spiro atoms. The van der Waals surface area contributed by atoms with Gasteiger partial charge in [0, 0.05) is 25.0 Å². The van der Waals surface area contributed by atoms with Gasteiger partial charge >= 0.3 is 5.97 Å². The fourth-order valence-corrected chi connectivity index (χ4v) is 3.63. The maximum absolute atomic E-state index is 12.2. The predicted octanol–water partition coefficient (Wildman–Crippen LogP) is -0.525. The Kier molecular flexibility index (Phi) is 5.94. The second-order valence-corrected chi connectivity index (χ2v) is 7.37. The molecule has 1 amide bonds. The van der Waals surface area contributed by atoms with Crippen LogP contribution in [0.1, 0.15) is 26.7 Å². The molecule has 2 N–H and O–H groups in total. The van der Waals surface area contributed by atoms with E-state index < -0.39 is 21.8 Å². The van der Waals surface area contributed by atoms with Gasteiger partial charge in [-0.05, 0) is 13.3 Å². The normalized spacial score (nSPS) is 23.0. The van der Waals surface area contributed by atoms with Gasteiger partial charge in [-0.2, -0.15) is 0 Å². The van der Waals surface area contributed by atoms with E-state index in [0.717, 1.165) is 0 Å². The molecule has 1 rings (SSSR count). The van der Waals surface area contributed by atoms with E-state index in [-0.39, 0.29) is 36.4 Å². The summed E-state index contributed by atoms with van der Waals surface area (Å²) in [5, 5.41) is 11.9. The van der Waals surface area contributed by atoms with E-state index >= 15 is 0 Å². The van der Waals surface area contributed by atoms with E-state index in [9.17, 15) is 18.0 Å². The van der Waals surface area contributed by atoms with Crippen LogP contribution in [0, 0.1) is 0 Å². The third kappa shape index (κ3) is 5.09. The third-order valence-corrected chi connectivity index (χ3v) is 5.21. The van der Waals surface area contributed by atoms with Gasteiger partial charge in [-0.15, -0.1) is 0 Å². The molecule has 116 valence electrons. The first kappa shape index (κ1) is 16.9. The fourth-order valence-electron chi connectivity index (χ4n) is 2.18. The van der Waals surface area contributed by atoms with E-state index in [2.05, 4.69) is 5.32 Å². The van der Waals surface area contributed by atoms with Crippen LogP contribution >= 0.6 is 0 Å². The molecule has 0 aromatic heterocycles. The van der Waals surface area contributed by atoms with Crippen molar-refractivity contribution in [2.75, 3.05) is 24.6 Å². The zero-order chi connectivity index (χ0) is 15.3. The van der Waals surface area contributed by atoms with Gasteiger partial charge in [-0.3, -0.25) is 9.59 Å². The maximum atomic E-state index is 12.2. The van der Waals surface area contributed by atoms with E-state index in [4.69, 9.17) is 5.11 Å². The molecule has 0 saturated carbocycles. The topological polar surface area (TPSA) is 104 Å². The number of hydrogen-bond acceptors (Lipinski definition) is 5. The molecule has 0 radical (unpaired) electrons. The van der Waals surface area contributed by atoms with Gasteiger partial charge in [0.15, 0.2) is 9.84 Å². The van der Waals surface area contributed by atoms with Crippen molar-refractivity contribution < 1.29 is 23.1 Å². The van der Waals surface area contributed by atoms with Gasteiger partial charge in [0.2, 0.25) is 5.91 Å². The highest BCUT2D eigenvalue weighted by Gasteiger charge is 2.29. The number of nitrogens with zero attached hydrogens (tertiary/aromatic N) is 1. The highest BCUT2D eigenvalue weighted by molar-refractivity contribution is 7.91. The van der Waals surface area contributed by atoms with Crippen LogP contribution in [0.15, 0.2) is 0 Å². The summed E-state index contributed by atoms with van der Waals surface area (Å²) in [4.78, 5) is 24.3. The van der Waals surface area contributed by atoms with Crippen molar-refractivity contribution >= 4 is 21.7 Å². The molecular weight excluding hydrogens is 284 g/mol. The molecular formula is C12H22N2O5S. The number of hydrogen-bond donors (Lipinski definition) is 2. The minimum Gasteiger partial charge on any atom is -0.480 e. The lowest BCUT2D eigenvalue weighted by Gasteiger charge is -2.30. The van der Waals surface area contributed by atoms with Crippen molar-refractivity contribution in [2.24, 2.45) is 0 Å². The zero-order valence-electron chi connectivity index (χ0n) is 11.8. The van der Waals surface area contributed by atoms with Crippen LogP contribution in [0.4, 0.5) is 0 Å². The largest absolute Gasteiger partial charge is 0.480 e. The molecule has 20 heavy (non-hydrogen) atoms. The molecule has 1 fully saturated rings. The van der Waals surface area contributed by atoms with Gasteiger partial charge in [-0.1, -0.05) is 6.92 Å². The first-order valence-electron chi connectivity index (χ1n) is 6.70. The summed E-state index contributed by atoms with van der Waals surface area (Å²) >= 11 is 0. The van der Waals surface area contributed by atoms with E-state index in [1.54, 1.807) is 6.92 Å². The van der Waals surface area contributed by atoms with Crippen molar-refractivity contribution in [3.8, 4) is 0 Å². The van der Waals surface area contributed by atoms with Crippen LogP contribution in [0.5, 0.6) is 0 Å². The SMILES string of the molecule is CCC(C)N(CC(=O)O)C(=O)CC1CS(=O)(=O)CCN1. The number of rotatable bonds is 6. The molecule has 7 nitrogen and oxygen atoms in total. The van der Waals surface area contributed by atoms with Crippen molar-refractivity contribution in [1.29, 1.82) is 0 Å². The quantitative estimate of drug-likeness (QED) is 0.684. The van der Waals surface area contributed by atoms with Crippen LogP contribution in [-0.4, -0.2) is 67.0 Å². The molecule has 0 aromatic rings. The average Bonchev–Trinajstić information content (AvgIpc) is 2.33. The number of nitrogens with one attached hydrogen (secondary N) is 1. The van der Waals surface area contributed by atoms with E-state index in [0.29, 0.717) is 13.0 Å². The number of sulfone groups is 1. The average molecular weight is 306 g/mol. The molecule has 2 unspecified atom stereocenters. The number of carbonyl (C=O) groups is 2. The lowest BCUT2D eigenvalue weighted by Crippen LogP contribution is -2.49. The molecule has 0 aromatic carbocycles. The molecule has 1 aliphatic rings. The number of amides is 1. The third-order valence-electron chi connectivity index (χ3n) is 3.47.